The van der Waals surface area contributed by atoms with Crippen LogP contribution >= 0.6 is 0 Å². The van der Waals surface area contributed by atoms with E-state index in [9.17, 15) is 4.79 Å². The van der Waals surface area contributed by atoms with Crippen molar-refractivity contribution >= 4 is 17.7 Å². The Morgan fingerprint density at radius 1 is 1.19 bits per heavy atom. The van der Waals surface area contributed by atoms with Crippen molar-refractivity contribution in [1.29, 1.82) is 0 Å². The van der Waals surface area contributed by atoms with Crippen LogP contribution in [0.2, 0.25) is 0 Å². The molecule has 26 heavy (non-hydrogen) atoms. The molecular weight excluding hydrogens is 326 g/mol. The second-order valence-electron chi connectivity index (χ2n) is 6.18. The Balaban J connectivity index is 1.61. The third-order valence-electron chi connectivity index (χ3n) is 4.35. The van der Waals surface area contributed by atoms with Gasteiger partial charge in [-0.05, 0) is 38.0 Å². The zero-order valence-corrected chi connectivity index (χ0v) is 15.3. The minimum Gasteiger partial charge on any atom is -0.320 e. The number of amides is 1. The van der Waals surface area contributed by atoms with Gasteiger partial charge in [0.05, 0.1) is 24.6 Å². The Morgan fingerprint density at radius 3 is 2.73 bits per heavy atom. The lowest BCUT2D eigenvalue weighted by Crippen LogP contribution is -2.07. The number of aryl methyl sites for hydroxylation is 2. The molecule has 134 valence electrons. The van der Waals surface area contributed by atoms with E-state index in [0.29, 0.717) is 12.2 Å². The zero-order chi connectivity index (χ0) is 18.5. The van der Waals surface area contributed by atoms with Crippen LogP contribution in [0.3, 0.4) is 0 Å². The summed E-state index contributed by atoms with van der Waals surface area (Å²) < 4.78 is 3.71. The maximum Gasteiger partial charge on any atom is 0.248 e. The monoisotopic (exact) mass is 349 g/mol. The molecule has 0 bridgehead atoms. The number of nitrogens with one attached hydrogen (secondary N) is 1. The first kappa shape index (κ1) is 17.7. The highest BCUT2D eigenvalue weighted by Crippen LogP contribution is 2.12. The van der Waals surface area contributed by atoms with Crippen LogP contribution in [0.5, 0.6) is 0 Å². The normalized spacial score (nSPS) is 11.2. The van der Waals surface area contributed by atoms with Crippen molar-refractivity contribution in [3.8, 4) is 0 Å². The molecule has 0 spiro atoms. The third kappa shape index (κ3) is 4.08. The van der Waals surface area contributed by atoms with E-state index in [1.165, 1.54) is 17.2 Å². The van der Waals surface area contributed by atoms with Crippen molar-refractivity contribution in [3.05, 3.63) is 71.3 Å². The van der Waals surface area contributed by atoms with Crippen LogP contribution in [-0.2, 0) is 17.9 Å². The number of carbonyl (C=O) groups excluding carboxylic acids is 1. The minimum atomic E-state index is -0.191. The summed E-state index contributed by atoms with van der Waals surface area (Å²) in [4.78, 5) is 12.1. The first-order valence-corrected chi connectivity index (χ1v) is 8.65. The highest BCUT2D eigenvalue weighted by Gasteiger charge is 2.05. The van der Waals surface area contributed by atoms with Crippen LogP contribution in [-0.4, -0.2) is 25.5 Å². The molecule has 0 fully saturated rings. The quantitative estimate of drug-likeness (QED) is 0.694. The number of nitrogens with zero attached hydrogens (tertiary/aromatic N) is 4. The number of anilines is 1. The number of hydrogen-bond donors (Lipinski definition) is 1. The molecule has 6 nitrogen and oxygen atoms in total. The van der Waals surface area contributed by atoms with Gasteiger partial charge in [0.2, 0.25) is 5.91 Å². The first-order chi connectivity index (χ1) is 12.6. The Hall–Kier alpha value is -3.15. The van der Waals surface area contributed by atoms with E-state index < -0.39 is 0 Å². The zero-order valence-electron chi connectivity index (χ0n) is 15.3. The van der Waals surface area contributed by atoms with Gasteiger partial charge >= 0.3 is 0 Å². The number of hydrogen-bond acceptors (Lipinski definition) is 3. The highest BCUT2D eigenvalue weighted by atomic mass is 16.1. The molecule has 1 N–H and O–H groups in total. The van der Waals surface area contributed by atoms with Gasteiger partial charge in [0, 0.05) is 30.1 Å². The molecule has 2 heterocycles. The van der Waals surface area contributed by atoms with Crippen molar-refractivity contribution < 1.29 is 4.79 Å². The van der Waals surface area contributed by atoms with Crippen LogP contribution in [0, 0.1) is 13.8 Å². The van der Waals surface area contributed by atoms with E-state index in [1.54, 1.807) is 18.5 Å². The van der Waals surface area contributed by atoms with Crippen molar-refractivity contribution in [1.82, 2.24) is 19.6 Å². The fourth-order valence-electron chi connectivity index (χ4n) is 2.77. The largest absolute Gasteiger partial charge is 0.320 e. The second-order valence-corrected chi connectivity index (χ2v) is 6.18. The van der Waals surface area contributed by atoms with E-state index in [1.807, 2.05) is 41.5 Å². The van der Waals surface area contributed by atoms with E-state index in [0.717, 1.165) is 17.8 Å². The van der Waals surface area contributed by atoms with E-state index in [-0.39, 0.29) is 5.91 Å². The lowest BCUT2D eigenvalue weighted by atomic mass is 10.1. The topological polar surface area (TPSA) is 64.7 Å². The van der Waals surface area contributed by atoms with Gasteiger partial charge in [-0.25, -0.2) is 0 Å². The predicted molar refractivity (Wildman–Crippen MR) is 103 cm³/mol. The van der Waals surface area contributed by atoms with Gasteiger partial charge in [0.1, 0.15) is 0 Å². The Morgan fingerprint density at radius 2 is 2.00 bits per heavy atom. The molecule has 6 heteroatoms. The average Bonchev–Trinajstić information content (AvgIpc) is 3.21. The van der Waals surface area contributed by atoms with Gasteiger partial charge in [-0.1, -0.05) is 24.3 Å². The standard InChI is InChI=1S/C20H23N5O/c1-4-25-16(3)17(11-22-25)9-10-20(26)23-19-12-21-24(14-19)13-18-8-6-5-7-15(18)2/h5-12,14H,4,13H2,1-3H3,(H,23,26)/b10-9+. The van der Waals surface area contributed by atoms with Crippen LogP contribution in [0.1, 0.15) is 29.3 Å². The van der Waals surface area contributed by atoms with Crippen LogP contribution in [0.4, 0.5) is 5.69 Å². The van der Waals surface area contributed by atoms with E-state index in [2.05, 4.69) is 34.6 Å². The Kier molecular flexibility index (Phi) is 5.31. The molecule has 3 aromatic rings. The lowest BCUT2D eigenvalue weighted by molar-refractivity contribution is -0.111. The number of benzene rings is 1. The van der Waals surface area contributed by atoms with Gasteiger partial charge < -0.3 is 5.32 Å². The molecule has 0 unspecified atom stereocenters. The molecule has 0 aliphatic heterocycles. The molecule has 0 saturated carbocycles. The molecule has 0 aliphatic carbocycles. The van der Waals surface area contributed by atoms with Crippen molar-refractivity contribution in [3.63, 3.8) is 0 Å². The molecule has 0 atom stereocenters. The van der Waals surface area contributed by atoms with Gasteiger partial charge in [-0.15, -0.1) is 0 Å². The number of aromatic nitrogens is 4. The minimum absolute atomic E-state index is 0.191. The predicted octanol–water partition coefficient (Wildman–Crippen LogP) is 3.42. The molecule has 0 saturated heterocycles. The Bertz CT molecular complexity index is 935. The molecule has 1 aromatic carbocycles. The molecular formula is C20H23N5O. The smallest absolute Gasteiger partial charge is 0.248 e. The fourth-order valence-corrected chi connectivity index (χ4v) is 2.77. The van der Waals surface area contributed by atoms with Crippen molar-refractivity contribution in [2.24, 2.45) is 0 Å². The van der Waals surface area contributed by atoms with Crippen molar-refractivity contribution in [2.45, 2.75) is 33.9 Å². The Labute approximate surface area is 153 Å². The highest BCUT2D eigenvalue weighted by molar-refractivity contribution is 6.01. The summed E-state index contributed by atoms with van der Waals surface area (Å²) in [7, 11) is 0. The summed E-state index contributed by atoms with van der Waals surface area (Å²) in [6.45, 7) is 7.59. The SMILES string of the molecule is CCn1ncc(/C=C/C(=O)Nc2cnn(Cc3ccccc3C)c2)c1C. The van der Waals surface area contributed by atoms with E-state index >= 15 is 0 Å². The second kappa shape index (κ2) is 7.82. The summed E-state index contributed by atoms with van der Waals surface area (Å²) >= 11 is 0. The maximum atomic E-state index is 12.1. The summed E-state index contributed by atoms with van der Waals surface area (Å²) in [6.07, 6.45) is 8.55. The van der Waals surface area contributed by atoms with E-state index in [4.69, 9.17) is 0 Å². The molecule has 0 radical (unpaired) electrons. The lowest BCUT2D eigenvalue weighted by Gasteiger charge is -2.05. The number of rotatable bonds is 6. The van der Waals surface area contributed by atoms with Gasteiger partial charge in [0.15, 0.2) is 0 Å². The molecule has 3 rings (SSSR count). The molecule has 1 amide bonds. The third-order valence-corrected chi connectivity index (χ3v) is 4.35. The maximum absolute atomic E-state index is 12.1. The summed E-state index contributed by atoms with van der Waals surface area (Å²) in [5.41, 5.74) is 5.09. The fraction of sp³-hybridized carbons (Fsp3) is 0.250. The van der Waals surface area contributed by atoms with Gasteiger partial charge in [-0.2, -0.15) is 10.2 Å². The molecule has 2 aromatic heterocycles. The summed E-state index contributed by atoms with van der Waals surface area (Å²) in [6, 6.07) is 8.19. The number of carbonyl (C=O) groups is 1. The average molecular weight is 349 g/mol. The summed E-state index contributed by atoms with van der Waals surface area (Å²) in [5, 5.41) is 11.4. The van der Waals surface area contributed by atoms with Crippen LogP contribution < -0.4 is 5.32 Å². The van der Waals surface area contributed by atoms with Gasteiger partial charge in [-0.3, -0.25) is 14.2 Å². The first-order valence-electron chi connectivity index (χ1n) is 8.65. The van der Waals surface area contributed by atoms with Crippen molar-refractivity contribution in [2.75, 3.05) is 5.32 Å². The van der Waals surface area contributed by atoms with Crippen LogP contribution in [0.25, 0.3) is 6.08 Å². The molecule has 0 aliphatic rings. The summed E-state index contributed by atoms with van der Waals surface area (Å²) in [5.74, 6) is -0.191. The van der Waals surface area contributed by atoms with Crippen LogP contribution in [0.15, 0.2) is 48.9 Å². The van der Waals surface area contributed by atoms with Gasteiger partial charge in [0.25, 0.3) is 0 Å².